The van der Waals surface area contributed by atoms with E-state index in [0.717, 1.165) is 25.7 Å². The van der Waals surface area contributed by atoms with Gasteiger partial charge in [-0.25, -0.2) is 14.6 Å². The molecule has 5 N–H and O–H groups in total. The van der Waals surface area contributed by atoms with Crippen LogP contribution in [0, 0.1) is 42.4 Å². The molecule has 4 rings (SSSR count). The molecule has 2 saturated carbocycles. The number of nitrogens with zero attached hydrogens (tertiary/aromatic N) is 2. The third-order valence-corrected chi connectivity index (χ3v) is 9.43. The van der Waals surface area contributed by atoms with Crippen LogP contribution in [0.1, 0.15) is 110 Å². The van der Waals surface area contributed by atoms with Crippen LogP contribution in [0.5, 0.6) is 0 Å². The van der Waals surface area contributed by atoms with Crippen molar-refractivity contribution in [3.05, 3.63) is 45.5 Å². The normalized spacial score (nSPS) is 30.1. The van der Waals surface area contributed by atoms with Gasteiger partial charge < -0.3 is 31.0 Å². The molecule has 10 nitrogen and oxygen atoms in total. The number of nitrogens with two attached hydrogens (primary N) is 2. The maximum absolute atomic E-state index is 13.2. The minimum Gasteiger partial charge on any atom is -0.512 e. The summed E-state index contributed by atoms with van der Waals surface area (Å²) in [5.74, 6) is 1.65. The molecule has 0 aromatic carbocycles. The number of hydrogen-bond acceptors (Lipinski definition) is 9. The number of aromatic nitrogens is 1. The van der Waals surface area contributed by atoms with Gasteiger partial charge in [0.25, 0.3) is 0 Å². The average molecular weight is 703 g/mol. The first-order chi connectivity index (χ1) is 21.4. The summed E-state index contributed by atoms with van der Waals surface area (Å²) in [6.45, 7) is 19.5. The Balaban J connectivity index is 0.000000864. The molecule has 0 saturated heterocycles. The number of allylic oxidation sites excluding steroid dienone is 3. The van der Waals surface area contributed by atoms with Gasteiger partial charge in [0.05, 0.1) is 17.0 Å². The van der Waals surface area contributed by atoms with Gasteiger partial charge in [0.15, 0.2) is 5.78 Å². The summed E-state index contributed by atoms with van der Waals surface area (Å²) in [7, 11) is 0. The zero-order valence-corrected chi connectivity index (χ0v) is 32.8. The Morgan fingerprint density at radius 1 is 0.830 bits per heavy atom. The summed E-state index contributed by atoms with van der Waals surface area (Å²) >= 11 is 0. The van der Waals surface area contributed by atoms with E-state index in [9.17, 15) is 14.4 Å². The molecule has 1 aromatic heterocycles. The molecule has 2 fully saturated rings. The zero-order chi connectivity index (χ0) is 34.6. The van der Waals surface area contributed by atoms with Crippen molar-refractivity contribution in [1.82, 2.24) is 4.98 Å². The number of ketones is 1. The van der Waals surface area contributed by atoms with Crippen molar-refractivity contribution < 1.29 is 48.4 Å². The number of hydrogen-bond donors (Lipinski definition) is 3. The molecule has 11 heteroatoms. The number of esters is 2. The Morgan fingerprint density at radius 3 is 1.68 bits per heavy atom. The topological polar surface area (TPSA) is 168 Å². The number of aliphatic hydroxyl groups excluding tert-OH is 1. The van der Waals surface area contributed by atoms with Crippen LogP contribution in [0.3, 0.4) is 0 Å². The Kier molecular flexibility index (Phi) is 14.3. The van der Waals surface area contributed by atoms with Crippen molar-refractivity contribution >= 4 is 35.5 Å². The third-order valence-electron chi connectivity index (χ3n) is 9.43. The molecule has 0 amide bonds. The van der Waals surface area contributed by atoms with Crippen molar-refractivity contribution in [2.24, 2.45) is 46.2 Å². The van der Waals surface area contributed by atoms with E-state index in [1.807, 2.05) is 0 Å². The Labute approximate surface area is 292 Å². The number of anilines is 1. The van der Waals surface area contributed by atoms with E-state index in [2.05, 4.69) is 51.5 Å². The number of carbonyl (C=O) groups excluding carboxylic acids is 3. The number of aliphatic imine (C=N–C) groups is 1. The second-order valence-electron chi connectivity index (χ2n) is 14.1. The van der Waals surface area contributed by atoms with Gasteiger partial charge in [0.2, 0.25) is 0 Å². The number of rotatable bonds is 6. The van der Waals surface area contributed by atoms with Gasteiger partial charge in [0.1, 0.15) is 23.6 Å². The Hall–Kier alpha value is -3.20. The maximum Gasteiger partial charge on any atom is 0.342 e. The smallest absolute Gasteiger partial charge is 0.342 e. The molecule has 0 radical (unpaired) electrons. The zero-order valence-electron chi connectivity index (χ0n) is 29.8. The maximum atomic E-state index is 13.2. The van der Waals surface area contributed by atoms with Crippen LogP contribution in [0.25, 0.3) is 6.08 Å². The van der Waals surface area contributed by atoms with E-state index < -0.39 is 11.9 Å². The van der Waals surface area contributed by atoms with E-state index in [1.54, 1.807) is 19.9 Å². The Morgan fingerprint density at radius 2 is 1.28 bits per heavy atom. The van der Waals surface area contributed by atoms with Crippen LogP contribution in [0.4, 0.5) is 5.82 Å². The molecule has 1 aliphatic heterocycles. The van der Waals surface area contributed by atoms with Gasteiger partial charge >= 0.3 is 11.9 Å². The fourth-order valence-corrected chi connectivity index (χ4v) is 7.62. The summed E-state index contributed by atoms with van der Waals surface area (Å²) in [6, 6.07) is 0. The Bertz CT molecular complexity index is 1430. The first kappa shape index (κ1) is 40.0. The number of carbonyl (C=O) groups is 3. The first-order valence-electron chi connectivity index (χ1n) is 16.4. The number of ether oxygens (including phenoxy) is 2. The third kappa shape index (κ3) is 9.91. The number of amidine groups is 1. The van der Waals surface area contributed by atoms with E-state index in [1.165, 1.54) is 19.9 Å². The van der Waals surface area contributed by atoms with E-state index in [0.29, 0.717) is 34.4 Å². The average Bonchev–Trinajstić information content (AvgIpc) is 3.35. The quantitative estimate of drug-likeness (QED) is 0.131. The van der Waals surface area contributed by atoms with Gasteiger partial charge in [0, 0.05) is 25.6 Å². The molecule has 2 aliphatic carbocycles. The van der Waals surface area contributed by atoms with Crippen LogP contribution in [0.15, 0.2) is 33.7 Å². The fraction of sp³-hybridized carbons (Fsp3) is 0.611. The van der Waals surface area contributed by atoms with E-state index in [4.69, 9.17) is 26.0 Å². The minimum absolute atomic E-state index is 0. The second kappa shape index (κ2) is 16.8. The number of aliphatic hydroxyl groups is 1. The monoisotopic (exact) mass is 701 g/mol. The molecule has 0 spiro atoms. The molecule has 1 aromatic rings. The van der Waals surface area contributed by atoms with Crippen molar-refractivity contribution in [3.8, 4) is 0 Å². The molecule has 47 heavy (non-hydrogen) atoms. The molecule has 2 heterocycles. The minimum atomic E-state index is -0.448. The summed E-state index contributed by atoms with van der Waals surface area (Å²) in [6.07, 6.45) is 6.69. The SMILES string of the molecule is CC(=O)C=C(C)O.CC1=C(C(=O)OC2C(C)CC(C)CC2C)C(N)=N/C1=C\c1[n-]c(N)c(C(=O)OC2C(C)CC(C)CC2C)c1C.[Zn]. The predicted octanol–water partition coefficient (Wildman–Crippen LogP) is 6.44. The number of nitrogen functional groups attached to an aromatic ring is 1. The molecule has 0 bridgehead atoms. The molecule has 4 atom stereocenters. The van der Waals surface area contributed by atoms with E-state index >= 15 is 0 Å². The molecule has 4 unspecified atom stereocenters. The van der Waals surface area contributed by atoms with Crippen molar-refractivity contribution in [2.45, 2.75) is 107 Å². The second-order valence-corrected chi connectivity index (χ2v) is 14.1. The molecule has 3 aliphatic rings. The largest absolute Gasteiger partial charge is 0.512 e. The van der Waals surface area contributed by atoms with Gasteiger partial charge in [-0.1, -0.05) is 47.4 Å². The summed E-state index contributed by atoms with van der Waals surface area (Å²) in [5, 5.41) is 8.36. The van der Waals surface area contributed by atoms with Crippen LogP contribution < -0.4 is 16.5 Å². The van der Waals surface area contributed by atoms with Crippen LogP contribution >= 0.6 is 0 Å². The van der Waals surface area contributed by atoms with Crippen molar-refractivity contribution in [3.63, 3.8) is 0 Å². The van der Waals surface area contributed by atoms with Gasteiger partial charge in [-0.2, -0.15) is 0 Å². The van der Waals surface area contributed by atoms with Crippen LogP contribution in [-0.2, 0) is 38.5 Å². The van der Waals surface area contributed by atoms with Gasteiger partial charge in [-0.3, -0.25) is 4.79 Å². The summed E-state index contributed by atoms with van der Waals surface area (Å²) in [4.78, 5) is 45.3. The van der Waals surface area contributed by atoms with Gasteiger partial charge in [-0.05, 0) is 112 Å². The molecular weight excluding hydrogens is 650 g/mol. The first-order valence-corrected chi connectivity index (χ1v) is 16.4. The molecular formula is C36H53N4O6Zn-. The summed E-state index contributed by atoms with van der Waals surface area (Å²) in [5.41, 5.74) is 15.2. The van der Waals surface area contributed by atoms with Gasteiger partial charge in [-0.15, -0.1) is 0 Å². The van der Waals surface area contributed by atoms with Crippen LogP contribution in [0.2, 0.25) is 0 Å². The summed E-state index contributed by atoms with van der Waals surface area (Å²) < 4.78 is 12.0. The fourth-order valence-electron chi connectivity index (χ4n) is 7.62. The standard InChI is InChI=1S/C31H46N4O4.C5H8O2.Zn/c1-14-9-16(3)26(17(4)10-14)38-30(36)24-20(7)22(34-28(24)32)13-23-21(8)25(29(33)35-23)31(37)39-27-18(5)11-15(2)12-19(27)6;1-4(6)3-5(2)7;/h13-19,26-27H,9-12H2,1-8H3,(H5,32,33,34,35,36,37);3,6H,1-2H3;/p-1. The predicted molar refractivity (Wildman–Crippen MR) is 181 cm³/mol. The van der Waals surface area contributed by atoms with Crippen LogP contribution in [-0.4, -0.2) is 40.9 Å². The van der Waals surface area contributed by atoms with Crippen molar-refractivity contribution in [2.75, 3.05) is 5.73 Å². The molecule has 256 valence electrons. The van der Waals surface area contributed by atoms with E-state index in [-0.39, 0.29) is 89.7 Å². The van der Waals surface area contributed by atoms with Crippen molar-refractivity contribution in [1.29, 1.82) is 0 Å².